The molecule has 0 radical (unpaired) electrons. The van der Waals surface area contributed by atoms with Crippen LogP contribution in [0.5, 0.6) is 0 Å². The second-order valence-corrected chi connectivity index (χ2v) is 9.47. The first-order valence-electron chi connectivity index (χ1n) is 10.8. The maximum atomic E-state index is 12.7. The van der Waals surface area contributed by atoms with Crippen LogP contribution in [0.4, 0.5) is 0 Å². The smallest absolute Gasteiger partial charge is 0.306 e. The van der Waals surface area contributed by atoms with Crippen LogP contribution in [0.15, 0.2) is 34.4 Å². The van der Waals surface area contributed by atoms with Crippen molar-refractivity contribution in [3.63, 3.8) is 0 Å². The van der Waals surface area contributed by atoms with Gasteiger partial charge in [0.25, 0.3) is 11.5 Å². The van der Waals surface area contributed by atoms with Crippen LogP contribution in [0.25, 0.3) is 10.2 Å². The van der Waals surface area contributed by atoms with Crippen LogP contribution >= 0.6 is 22.9 Å². The molecule has 174 valence electrons. The standard InChI is InChI=1S/C23H24ClN3O5S/c24-16-6-3-4-13(8-16)9-25-21(29)19-26-20(28)18-15(12-33-22(18)27-19)11-32-10-14-5-1-2-7-17(14)23(30)31/h3-4,6,8,12,14,17H,1-2,5,7,9-11H2,(H,25,29)(H,30,31)(H,26,27,28). The number of carbonyl (C=O) groups excluding carboxylic acids is 1. The van der Waals surface area contributed by atoms with E-state index in [1.165, 1.54) is 11.3 Å². The number of hydrogen-bond donors (Lipinski definition) is 3. The molecule has 1 amide bonds. The van der Waals surface area contributed by atoms with Crippen molar-refractivity contribution < 1.29 is 19.4 Å². The molecule has 3 N–H and O–H groups in total. The molecular weight excluding hydrogens is 466 g/mol. The van der Waals surface area contributed by atoms with Gasteiger partial charge in [0.1, 0.15) is 4.83 Å². The van der Waals surface area contributed by atoms with Crippen LogP contribution in [0.2, 0.25) is 5.02 Å². The lowest BCUT2D eigenvalue weighted by Crippen LogP contribution is -2.30. The van der Waals surface area contributed by atoms with Crippen molar-refractivity contribution >= 4 is 45.0 Å². The third-order valence-electron chi connectivity index (χ3n) is 5.89. The Balaban J connectivity index is 1.40. The summed E-state index contributed by atoms with van der Waals surface area (Å²) in [5, 5.41) is 14.9. The van der Waals surface area contributed by atoms with Crippen LogP contribution in [-0.4, -0.2) is 33.6 Å². The summed E-state index contributed by atoms with van der Waals surface area (Å²) in [4.78, 5) is 44.0. The molecule has 2 aromatic heterocycles. The van der Waals surface area contributed by atoms with Crippen molar-refractivity contribution in [2.24, 2.45) is 11.8 Å². The molecule has 0 aliphatic heterocycles. The highest BCUT2D eigenvalue weighted by Gasteiger charge is 2.30. The summed E-state index contributed by atoms with van der Waals surface area (Å²) in [5.41, 5.74) is 1.10. The molecule has 1 aromatic carbocycles. The van der Waals surface area contributed by atoms with E-state index in [9.17, 15) is 19.5 Å². The van der Waals surface area contributed by atoms with E-state index in [2.05, 4.69) is 15.3 Å². The number of aromatic nitrogens is 2. The second-order valence-electron chi connectivity index (χ2n) is 8.17. The number of thiophene rings is 1. The van der Waals surface area contributed by atoms with E-state index in [0.717, 1.165) is 24.8 Å². The average molecular weight is 490 g/mol. The normalized spacial score (nSPS) is 18.3. The SMILES string of the molecule is O=C(NCc1cccc(Cl)c1)c1nc2scc(COCC3CCCCC3C(=O)O)c2c(=O)[nH]1. The zero-order chi connectivity index (χ0) is 23.4. The summed E-state index contributed by atoms with van der Waals surface area (Å²) in [7, 11) is 0. The monoisotopic (exact) mass is 489 g/mol. The van der Waals surface area contributed by atoms with E-state index >= 15 is 0 Å². The minimum absolute atomic E-state index is 0.0210. The molecule has 3 aromatic rings. The first kappa shape index (κ1) is 23.4. The van der Waals surface area contributed by atoms with E-state index in [1.54, 1.807) is 23.6 Å². The van der Waals surface area contributed by atoms with Crippen LogP contribution < -0.4 is 10.9 Å². The highest BCUT2D eigenvalue weighted by molar-refractivity contribution is 7.16. The number of nitrogens with zero attached hydrogens (tertiary/aromatic N) is 1. The van der Waals surface area contributed by atoms with E-state index < -0.39 is 17.4 Å². The summed E-state index contributed by atoms with van der Waals surface area (Å²) >= 11 is 7.22. The van der Waals surface area contributed by atoms with Gasteiger partial charge >= 0.3 is 5.97 Å². The molecule has 0 saturated heterocycles. The van der Waals surface area contributed by atoms with Gasteiger partial charge in [-0.15, -0.1) is 11.3 Å². The van der Waals surface area contributed by atoms with E-state index in [-0.39, 0.29) is 30.8 Å². The molecule has 1 saturated carbocycles. The predicted molar refractivity (Wildman–Crippen MR) is 126 cm³/mol. The van der Waals surface area contributed by atoms with Crippen molar-refractivity contribution in [1.82, 2.24) is 15.3 Å². The third kappa shape index (κ3) is 5.61. The molecule has 1 aliphatic rings. The number of carboxylic acids is 1. The number of nitrogens with one attached hydrogen (secondary N) is 2. The predicted octanol–water partition coefficient (Wildman–Crippen LogP) is 3.98. The van der Waals surface area contributed by atoms with Gasteiger partial charge in [-0.3, -0.25) is 14.4 Å². The third-order valence-corrected chi connectivity index (χ3v) is 7.05. The Kier molecular flexibility index (Phi) is 7.42. The number of fused-ring (bicyclic) bond motifs is 1. The summed E-state index contributed by atoms with van der Waals surface area (Å²) in [6, 6.07) is 7.13. The molecule has 2 atom stereocenters. The van der Waals surface area contributed by atoms with Crippen molar-refractivity contribution in [2.75, 3.05) is 6.61 Å². The number of carbonyl (C=O) groups is 2. The number of rotatable bonds is 8. The minimum Gasteiger partial charge on any atom is -0.481 e. The molecule has 2 unspecified atom stereocenters. The number of halogens is 1. The van der Waals surface area contributed by atoms with Gasteiger partial charge in [0, 0.05) is 17.1 Å². The molecule has 1 aliphatic carbocycles. The molecule has 4 rings (SSSR count). The number of H-pyrrole nitrogens is 1. The van der Waals surface area contributed by atoms with E-state index in [0.29, 0.717) is 33.8 Å². The molecule has 10 heteroatoms. The second kappa shape index (κ2) is 10.5. The fourth-order valence-electron chi connectivity index (χ4n) is 4.19. The molecular formula is C23H24ClN3O5S. The Morgan fingerprint density at radius 1 is 1.30 bits per heavy atom. The largest absolute Gasteiger partial charge is 0.481 e. The van der Waals surface area contributed by atoms with Crippen molar-refractivity contribution in [3.05, 3.63) is 62.0 Å². The summed E-state index contributed by atoms with van der Waals surface area (Å²) in [6.07, 6.45) is 3.44. The lowest BCUT2D eigenvalue weighted by atomic mass is 9.80. The van der Waals surface area contributed by atoms with Gasteiger partial charge < -0.3 is 20.1 Å². The number of benzene rings is 1. The Morgan fingerprint density at radius 2 is 2.12 bits per heavy atom. The van der Waals surface area contributed by atoms with Crippen molar-refractivity contribution in [2.45, 2.75) is 38.8 Å². The fraction of sp³-hybridized carbons (Fsp3) is 0.391. The fourth-order valence-corrected chi connectivity index (χ4v) is 5.32. The summed E-state index contributed by atoms with van der Waals surface area (Å²) < 4.78 is 5.81. The van der Waals surface area contributed by atoms with Gasteiger partial charge in [0.2, 0.25) is 5.82 Å². The van der Waals surface area contributed by atoms with Gasteiger partial charge in [-0.1, -0.05) is 36.6 Å². The molecule has 33 heavy (non-hydrogen) atoms. The number of aromatic amines is 1. The van der Waals surface area contributed by atoms with Gasteiger partial charge in [0.15, 0.2) is 0 Å². The number of amides is 1. The van der Waals surface area contributed by atoms with E-state index in [4.69, 9.17) is 16.3 Å². The lowest BCUT2D eigenvalue weighted by molar-refractivity contribution is -0.146. The minimum atomic E-state index is -0.772. The van der Waals surface area contributed by atoms with Gasteiger partial charge in [-0.25, -0.2) is 4.98 Å². The Bertz CT molecular complexity index is 1220. The van der Waals surface area contributed by atoms with Crippen molar-refractivity contribution in [1.29, 1.82) is 0 Å². The van der Waals surface area contributed by atoms with Crippen LogP contribution in [-0.2, 0) is 22.7 Å². The molecule has 0 spiro atoms. The average Bonchev–Trinajstić information content (AvgIpc) is 3.21. The Labute approximate surface area is 199 Å². The molecule has 0 bridgehead atoms. The topological polar surface area (TPSA) is 121 Å². The number of hydrogen-bond acceptors (Lipinski definition) is 6. The lowest BCUT2D eigenvalue weighted by Gasteiger charge is -2.28. The van der Waals surface area contributed by atoms with Crippen molar-refractivity contribution in [3.8, 4) is 0 Å². The van der Waals surface area contributed by atoms with E-state index in [1.807, 2.05) is 6.07 Å². The zero-order valence-corrected chi connectivity index (χ0v) is 19.4. The Morgan fingerprint density at radius 3 is 2.91 bits per heavy atom. The molecule has 2 heterocycles. The van der Waals surface area contributed by atoms with Crippen LogP contribution in [0.1, 0.15) is 47.4 Å². The number of ether oxygens (including phenoxy) is 1. The highest BCUT2D eigenvalue weighted by atomic mass is 35.5. The maximum absolute atomic E-state index is 12.7. The summed E-state index contributed by atoms with van der Waals surface area (Å²) in [5.74, 6) is -1.72. The summed E-state index contributed by atoms with van der Waals surface area (Å²) in [6.45, 7) is 0.778. The van der Waals surface area contributed by atoms with Gasteiger partial charge in [0.05, 0.1) is 24.5 Å². The number of aliphatic carboxylic acids is 1. The van der Waals surface area contributed by atoms with Crippen LogP contribution in [0.3, 0.4) is 0 Å². The zero-order valence-electron chi connectivity index (χ0n) is 17.8. The molecule has 8 nitrogen and oxygen atoms in total. The maximum Gasteiger partial charge on any atom is 0.306 e. The Hall–Kier alpha value is -2.75. The number of carboxylic acid groups (broad SMARTS) is 1. The van der Waals surface area contributed by atoms with Crippen LogP contribution in [0, 0.1) is 11.8 Å². The molecule has 1 fully saturated rings. The first-order valence-corrected chi connectivity index (χ1v) is 12.0. The highest BCUT2D eigenvalue weighted by Crippen LogP contribution is 2.31. The van der Waals surface area contributed by atoms with Gasteiger partial charge in [-0.2, -0.15) is 0 Å². The first-order chi connectivity index (χ1) is 15.9. The van der Waals surface area contributed by atoms with Gasteiger partial charge in [-0.05, 0) is 41.8 Å². The quantitative estimate of drug-likeness (QED) is 0.440.